The molecule has 0 unspecified atom stereocenters. The normalized spacial score (nSPS) is 10.8. The van der Waals surface area contributed by atoms with Gasteiger partial charge in [0.15, 0.2) is 0 Å². The van der Waals surface area contributed by atoms with Crippen molar-refractivity contribution >= 4 is 5.91 Å². The Kier molecular flexibility index (Phi) is 14.0. The van der Waals surface area contributed by atoms with Gasteiger partial charge in [0.2, 0.25) is 5.91 Å². The van der Waals surface area contributed by atoms with Crippen molar-refractivity contribution in [3.63, 3.8) is 0 Å². The molecule has 0 heterocycles. The minimum Gasteiger partial charge on any atom is -0.355 e. The Morgan fingerprint density at radius 3 is 2.04 bits per heavy atom. The van der Waals surface area contributed by atoms with Crippen LogP contribution in [-0.2, 0) is 11.2 Å². The highest BCUT2D eigenvalue weighted by atomic mass is 16.1. The number of carbonyl (C=O) groups excluding carboxylic acids is 1. The van der Waals surface area contributed by atoms with Gasteiger partial charge in [0.05, 0.1) is 6.54 Å². The number of unbranched alkanes of at least 4 members (excludes halogenated alkanes) is 9. The fourth-order valence-electron chi connectivity index (χ4n) is 2.98. The molecule has 142 valence electrons. The zero-order chi connectivity index (χ0) is 18.0. The molecule has 1 rings (SSSR count). The van der Waals surface area contributed by atoms with Crippen LogP contribution in [0.15, 0.2) is 30.3 Å². The lowest BCUT2D eigenvalue weighted by atomic mass is 10.1. The largest absolute Gasteiger partial charge is 0.355 e. The summed E-state index contributed by atoms with van der Waals surface area (Å²) in [5.41, 5.74) is 1.31. The molecule has 0 aliphatic carbocycles. The van der Waals surface area contributed by atoms with Gasteiger partial charge in [-0.25, -0.2) is 0 Å². The molecule has 1 amide bonds. The van der Waals surface area contributed by atoms with Gasteiger partial charge >= 0.3 is 0 Å². The van der Waals surface area contributed by atoms with E-state index in [1.165, 1.54) is 63.4 Å². The van der Waals surface area contributed by atoms with Gasteiger partial charge in [0.25, 0.3) is 0 Å². The second kappa shape index (κ2) is 16.1. The second-order valence-corrected chi connectivity index (χ2v) is 6.94. The molecular formula is C22H38N2O. The summed E-state index contributed by atoms with van der Waals surface area (Å²) >= 11 is 0. The van der Waals surface area contributed by atoms with Gasteiger partial charge in [-0.3, -0.25) is 4.79 Å². The van der Waals surface area contributed by atoms with E-state index < -0.39 is 0 Å². The van der Waals surface area contributed by atoms with E-state index in [-0.39, 0.29) is 5.91 Å². The molecule has 0 spiro atoms. The summed E-state index contributed by atoms with van der Waals surface area (Å²) in [6, 6.07) is 10.4. The smallest absolute Gasteiger partial charge is 0.233 e. The lowest BCUT2D eigenvalue weighted by Crippen LogP contribution is -2.35. The van der Waals surface area contributed by atoms with Gasteiger partial charge in [-0.2, -0.15) is 0 Å². The lowest BCUT2D eigenvalue weighted by Gasteiger charge is -2.07. The minimum atomic E-state index is 0.115. The maximum atomic E-state index is 11.7. The van der Waals surface area contributed by atoms with Gasteiger partial charge in [0, 0.05) is 6.54 Å². The molecule has 3 heteroatoms. The molecule has 25 heavy (non-hydrogen) atoms. The van der Waals surface area contributed by atoms with Gasteiger partial charge in [-0.05, 0) is 24.9 Å². The van der Waals surface area contributed by atoms with E-state index in [1.54, 1.807) is 0 Å². The molecule has 0 saturated carbocycles. The third-order valence-electron chi connectivity index (χ3n) is 4.57. The van der Waals surface area contributed by atoms with Gasteiger partial charge in [0.1, 0.15) is 0 Å². The number of benzene rings is 1. The summed E-state index contributed by atoms with van der Waals surface area (Å²) in [6.07, 6.45) is 14.2. The van der Waals surface area contributed by atoms with Crippen LogP contribution >= 0.6 is 0 Å². The Morgan fingerprint density at radius 1 is 0.800 bits per heavy atom. The van der Waals surface area contributed by atoms with Crippen molar-refractivity contribution in [1.29, 1.82) is 0 Å². The Bertz CT molecular complexity index is 419. The third kappa shape index (κ3) is 13.6. The van der Waals surface area contributed by atoms with Crippen LogP contribution in [0.1, 0.15) is 76.7 Å². The molecule has 3 nitrogen and oxygen atoms in total. The quantitative estimate of drug-likeness (QED) is 0.420. The average molecular weight is 347 g/mol. The molecule has 2 N–H and O–H groups in total. The van der Waals surface area contributed by atoms with Gasteiger partial charge < -0.3 is 10.6 Å². The highest BCUT2D eigenvalue weighted by Crippen LogP contribution is 2.10. The number of nitrogens with one attached hydrogen (secondary N) is 2. The second-order valence-electron chi connectivity index (χ2n) is 6.94. The summed E-state index contributed by atoms with van der Waals surface area (Å²) in [7, 11) is 0. The van der Waals surface area contributed by atoms with Crippen molar-refractivity contribution in [2.45, 2.75) is 77.6 Å². The highest BCUT2D eigenvalue weighted by Gasteiger charge is 2.00. The molecule has 0 saturated heterocycles. The van der Waals surface area contributed by atoms with Crippen LogP contribution in [0.5, 0.6) is 0 Å². The first kappa shape index (κ1) is 21.7. The lowest BCUT2D eigenvalue weighted by molar-refractivity contribution is -0.120. The van der Waals surface area contributed by atoms with E-state index in [1.807, 2.05) is 6.07 Å². The van der Waals surface area contributed by atoms with Crippen molar-refractivity contribution in [2.24, 2.45) is 0 Å². The van der Waals surface area contributed by atoms with Crippen LogP contribution in [0, 0.1) is 0 Å². The summed E-state index contributed by atoms with van der Waals surface area (Å²) in [5.74, 6) is 0.115. The summed E-state index contributed by atoms with van der Waals surface area (Å²) < 4.78 is 0. The van der Waals surface area contributed by atoms with Crippen molar-refractivity contribution in [1.82, 2.24) is 10.6 Å². The zero-order valence-electron chi connectivity index (χ0n) is 16.2. The number of hydrogen-bond acceptors (Lipinski definition) is 2. The zero-order valence-corrected chi connectivity index (χ0v) is 16.2. The predicted molar refractivity (Wildman–Crippen MR) is 108 cm³/mol. The molecule has 1 aromatic rings. The third-order valence-corrected chi connectivity index (χ3v) is 4.57. The number of rotatable bonds is 16. The molecule has 1 aromatic carbocycles. The SMILES string of the molecule is CCCCCCCCCCCCNC(=O)CNCCc1ccccc1. The first-order valence-electron chi connectivity index (χ1n) is 10.3. The van der Waals surface area contributed by atoms with E-state index in [0.717, 1.165) is 25.9 Å². The van der Waals surface area contributed by atoms with E-state index >= 15 is 0 Å². The first-order chi connectivity index (χ1) is 12.3. The van der Waals surface area contributed by atoms with Crippen LogP contribution in [0.3, 0.4) is 0 Å². The molecular weight excluding hydrogens is 308 g/mol. The fourth-order valence-corrected chi connectivity index (χ4v) is 2.98. The Hall–Kier alpha value is -1.35. The van der Waals surface area contributed by atoms with Crippen molar-refractivity contribution in [3.8, 4) is 0 Å². The van der Waals surface area contributed by atoms with E-state index in [0.29, 0.717) is 6.54 Å². The Labute approximate surface area is 155 Å². The van der Waals surface area contributed by atoms with Gasteiger partial charge in [-0.1, -0.05) is 95.0 Å². The maximum Gasteiger partial charge on any atom is 0.233 e. The van der Waals surface area contributed by atoms with Crippen LogP contribution in [-0.4, -0.2) is 25.5 Å². The van der Waals surface area contributed by atoms with Crippen LogP contribution in [0.2, 0.25) is 0 Å². The average Bonchev–Trinajstić information content (AvgIpc) is 2.64. The molecule has 0 aliphatic heterocycles. The Balaban J connectivity index is 1.81. The number of carbonyl (C=O) groups is 1. The van der Waals surface area contributed by atoms with E-state index in [9.17, 15) is 4.79 Å². The first-order valence-corrected chi connectivity index (χ1v) is 10.3. The summed E-state index contributed by atoms with van der Waals surface area (Å²) in [6.45, 7) is 4.34. The number of amides is 1. The molecule has 0 radical (unpaired) electrons. The Morgan fingerprint density at radius 2 is 1.40 bits per heavy atom. The maximum absolute atomic E-state index is 11.7. The highest BCUT2D eigenvalue weighted by molar-refractivity contribution is 5.77. The standard InChI is InChI=1S/C22H38N2O/c1-2-3-4-5-6-7-8-9-10-14-18-24-22(25)20-23-19-17-21-15-12-11-13-16-21/h11-13,15-16,23H,2-10,14,17-20H2,1H3,(H,24,25). The van der Waals surface area contributed by atoms with Crippen LogP contribution in [0.4, 0.5) is 0 Å². The van der Waals surface area contributed by atoms with Gasteiger partial charge in [-0.15, -0.1) is 0 Å². The molecule has 0 atom stereocenters. The van der Waals surface area contributed by atoms with Crippen molar-refractivity contribution < 1.29 is 4.79 Å². The van der Waals surface area contributed by atoms with Crippen molar-refractivity contribution in [2.75, 3.05) is 19.6 Å². The summed E-state index contributed by atoms with van der Waals surface area (Å²) in [5, 5.41) is 6.22. The van der Waals surface area contributed by atoms with Crippen LogP contribution in [0.25, 0.3) is 0 Å². The topological polar surface area (TPSA) is 41.1 Å². The van der Waals surface area contributed by atoms with Crippen LogP contribution < -0.4 is 10.6 Å². The van der Waals surface area contributed by atoms with E-state index in [2.05, 4.69) is 41.8 Å². The fraction of sp³-hybridized carbons (Fsp3) is 0.682. The minimum absolute atomic E-state index is 0.115. The molecule has 0 aromatic heterocycles. The predicted octanol–water partition coefficient (Wildman–Crippen LogP) is 4.86. The molecule has 0 bridgehead atoms. The van der Waals surface area contributed by atoms with E-state index in [4.69, 9.17) is 0 Å². The monoisotopic (exact) mass is 346 g/mol. The van der Waals surface area contributed by atoms with Crippen molar-refractivity contribution in [3.05, 3.63) is 35.9 Å². The molecule has 0 fully saturated rings. The summed E-state index contributed by atoms with van der Waals surface area (Å²) in [4.78, 5) is 11.7. The number of hydrogen-bond donors (Lipinski definition) is 2. The molecule has 0 aliphatic rings.